The van der Waals surface area contributed by atoms with Crippen molar-refractivity contribution in [3.05, 3.63) is 0 Å². The summed E-state index contributed by atoms with van der Waals surface area (Å²) in [7, 11) is 0. The van der Waals surface area contributed by atoms with Crippen molar-refractivity contribution in [3.8, 4) is 0 Å². The van der Waals surface area contributed by atoms with Crippen LogP contribution in [-0.2, 0) is 14.3 Å². The lowest BCUT2D eigenvalue weighted by Crippen LogP contribution is -2.32. The van der Waals surface area contributed by atoms with Crippen LogP contribution >= 0.6 is 0 Å². The number of rotatable bonds is 5. The van der Waals surface area contributed by atoms with Gasteiger partial charge in [-0.05, 0) is 20.3 Å². The van der Waals surface area contributed by atoms with Gasteiger partial charge >= 0.3 is 12.1 Å². The molecule has 0 aliphatic carbocycles. The Bertz CT molecular complexity index is 201. The van der Waals surface area contributed by atoms with Crippen LogP contribution in [0.4, 0.5) is 13.2 Å². The van der Waals surface area contributed by atoms with Gasteiger partial charge in [0.15, 0.2) is 0 Å². The van der Waals surface area contributed by atoms with E-state index in [0.29, 0.717) is 0 Å². The van der Waals surface area contributed by atoms with Gasteiger partial charge in [-0.3, -0.25) is 0 Å². The molecule has 0 radical (unpaired) electrons. The molecule has 0 rings (SSSR count). The predicted molar refractivity (Wildman–Crippen MR) is 47.3 cm³/mol. The van der Waals surface area contributed by atoms with E-state index in [1.165, 1.54) is 0 Å². The molecule has 0 N–H and O–H groups in total. The summed E-state index contributed by atoms with van der Waals surface area (Å²) in [5.74, 6) is -2.17. The fraction of sp³-hybridized carbons (Fsp3) is 0.889. The number of hydrogen-bond donors (Lipinski definition) is 0. The van der Waals surface area contributed by atoms with Crippen LogP contribution in [0.3, 0.4) is 0 Å². The van der Waals surface area contributed by atoms with Gasteiger partial charge in [-0.15, -0.1) is 0 Å². The van der Waals surface area contributed by atoms with Gasteiger partial charge < -0.3 is 9.47 Å². The van der Waals surface area contributed by atoms with E-state index >= 15 is 0 Å². The molecule has 1 unspecified atom stereocenters. The van der Waals surface area contributed by atoms with Crippen LogP contribution in [0.1, 0.15) is 27.2 Å². The van der Waals surface area contributed by atoms with E-state index < -0.39 is 18.2 Å². The van der Waals surface area contributed by atoms with Crippen molar-refractivity contribution < 1.29 is 27.4 Å². The molecule has 0 amide bonds. The summed E-state index contributed by atoms with van der Waals surface area (Å²) in [5, 5.41) is 0. The van der Waals surface area contributed by atoms with Crippen LogP contribution in [0.15, 0.2) is 0 Å². The fourth-order valence-corrected chi connectivity index (χ4v) is 0.753. The average Bonchev–Trinajstić information content (AvgIpc) is 2.09. The molecule has 0 aromatic carbocycles. The molecule has 0 bridgehead atoms. The normalized spacial score (nSPS) is 14.1. The quantitative estimate of drug-likeness (QED) is 0.677. The number of hydrogen-bond acceptors (Lipinski definition) is 3. The Labute approximate surface area is 86.5 Å². The van der Waals surface area contributed by atoms with E-state index in [1.54, 1.807) is 20.8 Å². The largest absolute Gasteiger partial charge is 0.490 e. The highest BCUT2D eigenvalue weighted by molar-refractivity contribution is 5.75. The number of esters is 1. The Hall–Kier alpha value is -0.780. The predicted octanol–water partition coefficient (Wildman–Crippen LogP) is 2.30. The van der Waals surface area contributed by atoms with Crippen molar-refractivity contribution in [2.75, 3.05) is 6.61 Å². The molecule has 0 heterocycles. The van der Waals surface area contributed by atoms with E-state index in [1.807, 2.05) is 0 Å². The van der Waals surface area contributed by atoms with Crippen LogP contribution in [0.5, 0.6) is 0 Å². The third kappa shape index (κ3) is 6.33. The van der Waals surface area contributed by atoms with Gasteiger partial charge in [0.1, 0.15) is 6.10 Å². The first-order chi connectivity index (χ1) is 6.77. The van der Waals surface area contributed by atoms with E-state index in [9.17, 15) is 18.0 Å². The molecular weight excluding hydrogens is 213 g/mol. The molecular formula is C9H15F3O3. The standard InChI is InChI=1S/C9H15F3O3/c1-4-7(5-14-6(2)3)15-8(13)9(10,11)12/h6-7H,4-5H2,1-3H3. The first kappa shape index (κ1) is 14.2. The highest BCUT2D eigenvalue weighted by atomic mass is 19.4. The van der Waals surface area contributed by atoms with Gasteiger partial charge in [0, 0.05) is 0 Å². The van der Waals surface area contributed by atoms with Gasteiger partial charge in [-0.2, -0.15) is 13.2 Å². The Kier molecular flexibility index (Phi) is 5.64. The van der Waals surface area contributed by atoms with Crippen LogP contribution in [-0.4, -0.2) is 31.0 Å². The second kappa shape index (κ2) is 5.95. The molecule has 15 heavy (non-hydrogen) atoms. The number of halogens is 3. The zero-order valence-electron chi connectivity index (χ0n) is 8.93. The van der Waals surface area contributed by atoms with Gasteiger partial charge in [-0.25, -0.2) is 4.79 Å². The van der Waals surface area contributed by atoms with Crippen molar-refractivity contribution in [1.82, 2.24) is 0 Å². The van der Waals surface area contributed by atoms with Crippen molar-refractivity contribution in [1.29, 1.82) is 0 Å². The lowest BCUT2D eigenvalue weighted by Gasteiger charge is -2.18. The highest BCUT2D eigenvalue weighted by Crippen LogP contribution is 2.18. The molecule has 90 valence electrons. The van der Waals surface area contributed by atoms with Crippen molar-refractivity contribution in [3.63, 3.8) is 0 Å². The summed E-state index contributed by atoms with van der Waals surface area (Å²) in [6.45, 7) is 5.10. The lowest BCUT2D eigenvalue weighted by atomic mass is 10.3. The molecule has 0 aliphatic rings. The van der Waals surface area contributed by atoms with Crippen LogP contribution < -0.4 is 0 Å². The highest BCUT2D eigenvalue weighted by Gasteiger charge is 2.42. The molecule has 0 spiro atoms. The van der Waals surface area contributed by atoms with Gasteiger partial charge in [0.25, 0.3) is 0 Å². The molecule has 1 atom stereocenters. The van der Waals surface area contributed by atoms with E-state index in [-0.39, 0.29) is 19.1 Å². The molecule has 0 aromatic heterocycles. The summed E-state index contributed by atoms with van der Waals surface area (Å²) >= 11 is 0. The number of alkyl halides is 3. The SMILES string of the molecule is CCC(COC(C)C)OC(=O)C(F)(F)F. The summed E-state index contributed by atoms with van der Waals surface area (Å²) in [6, 6.07) is 0. The third-order valence-electron chi connectivity index (χ3n) is 1.58. The summed E-state index contributed by atoms with van der Waals surface area (Å²) < 4.78 is 44.8. The van der Waals surface area contributed by atoms with Crippen LogP contribution in [0.2, 0.25) is 0 Å². The minimum atomic E-state index is -4.94. The molecule has 6 heteroatoms. The second-order valence-corrected chi connectivity index (χ2v) is 3.32. The monoisotopic (exact) mass is 228 g/mol. The Morgan fingerprint density at radius 1 is 1.33 bits per heavy atom. The zero-order chi connectivity index (χ0) is 12.1. The van der Waals surface area contributed by atoms with Crippen molar-refractivity contribution >= 4 is 5.97 Å². The van der Waals surface area contributed by atoms with E-state index in [0.717, 1.165) is 0 Å². The fourth-order valence-electron chi connectivity index (χ4n) is 0.753. The summed E-state index contributed by atoms with van der Waals surface area (Å²) in [4.78, 5) is 10.5. The van der Waals surface area contributed by atoms with Crippen LogP contribution in [0.25, 0.3) is 0 Å². The van der Waals surface area contributed by atoms with Crippen LogP contribution in [0, 0.1) is 0 Å². The maximum absolute atomic E-state index is 11.8. The smallest absolute Gasteiger partial charge is 0.453 e. The van der Waals surface area contributed by atoms with E-state index in [2.05, 4.69) is 4.74 Å². The molecule has 3 nitrogen and oxygen atoms in total. The number of ether oxygens (including phenoxy) is 2. The molecule has 0 saturated carbocycles. The minimum Gasteiger partial charge on any atom is -0.453 e. The maximum atomic E-state index is 11.8. The Morgan fingerprint density at radius 2 is 1.87 bits per heavy atom. The van der Waals surface area contributed by atoms with Gasteiger partial charge in [0.05, 0.1) is 12.7 Å². The number of carbonyl (C=O) groups is 1. The van der Waals surface area contributed by atoms with Gasteiger partial charge in [0.2, 0.25) is 0 Å². The maximum Gasteiger partial charge on any atom is 0.490 e. The van der Waals surface area contributed by atoms with Crippen molar-refractivity contribution in [2.45, 2.75) is 45.6 Å². The molecule has 0 fully saturated rings. The van der Waals surface area contributed by atoms with Gasteiger partial charge in [-0.1, -0.05) is 6.92 Å². The first-order valence-corrected chi connectivity index (χ1v) is 4.66. The Morgan fingerprint density at radius 3 is 2.20 bits per heavy atom. The third-order valence-corrected chi connectivity index (χ3v) is 1.58. The second-order valence-electron chi connectivity index (χ2n) is 3.32. The Balaban J connectivity index is 4.05. The topological polar surface area (TPSA) is 35.5 Å². The number of carbonyl (C=O) groups excluding carboxylic acids is 1. The summed E-state index contributed by atoms with van der Waals surface area (Å²) in [6.07, 6.45) is -5.61. The molecule has 0 saturated heterocycles. The average molecular weight is 228 g/mol. The lowest BCUT2D eigenvalue weighted by molar-refractivity contribution is -0.207. The molecule has 0 aromatic rings. The summed E-state index contributed by atoms with van der Waals surface area (Å²) in [5.41, 5.74) is 0. The van der Waals surface area contributed by atoms with Crippen molar-refractivity contribution in [2.24, 2.45) is 0 Å². The van der Waals surface area contributed by atoms with E-state index in [4.69, 9.17) is 4.74 Å². The molecule has 0 aliphatic heterocycles. The zero-order valence-corrected chi connectivity index (χ0v) is 8.93. The first-order valence-electron chi connectivity index (χ1n) is 4.66. The minimum absolute atomic E-state index is 0.0179.